The molecule has 0 bridgehead atoms. The molecule has 4 nitrogen and oxygen atoms in total. The minimum atomic E-state index is 1.09. The Morgan fingerprint density at radius 3 is 0.435 bits per heavy atom. The van der Waals surface area contributed by atoms with Gasteiger partial charge in [-0.2, -0.15) is 0 Å². The van der Waals surface area contributed by atoms with Crippen molar-refractivity contribution in [2.75, 3.05) is 19.6 Å². The largest absolute Gasteiger partial charge is 0.311 e. The van der Waals surface area contributed by atoms with E-state index in [0.29, 0.717) is 0 Å². The molecular weight excluding hydrogens is 1670 g/mol. The third kappa shape index (κ3) is 18.6. The molecule has 0 aliphatic carbocycles. The molecule has 652 valence electrons. The molecule has 0 saturated carbocycles. The van der Waals surface area contributed by atoms with Crippen molar-refractivity contribution in [1.82, 2.24) is 0 Å². The van der Waals surface area contributed by atoms with E-state index in [-0.39, 0.29) is 0 Å². The van der Waals surface area contributed by atoms with E-state index in [9.17, 15) is 0 Å². The van der Waals surface area contributed by atoms with E-state index < -0.39 is 0 Å². The molecule has 0 atom stereocenters. The van der Waals surface area contributed by atoms with E-state index in [0.717, 1.165) is 79.4 Å². The monoisotopic (exact) mass is 1760 g/mol. The summed E-state index contributed by atoms with van der Waals surface area (Å²) >= 11 is 0. The highest BCUT2D eigenvalue weighted by Gasteiger charge is 2.23. The van der Waals surface area contributed by atoms with Crippen LogP contribution in [0.25, 0.3) is 144 Å². The van der Waals surface area contributed by atoms with Crippen molar-refractivity contribution >= 4 is 89.8 Å². The number of hydrogen-bond acceptors (Lipinski definition) is 4. The molecule has 0 aliphatic heterocycles. The fourth-order valence-corrected chi connectivity index (χ4v) is 19.0. The van der Waals surface area contributed by atoms with Crippen LogP contribution >= 0.6 is 0 Å². The first-order valence-corrected chi connectivity index (χ1v) is 47.2. The van der Waals surface area contributed by atoms with E-state index in [1.54, 1.807) is 0 Å². The van der Waals surface area contributed by atoms with Crippen molar-refractivity contribution in [3.05, 3.63) is 582 Å². The highest BCUT2D eigenvalue weighted by Crippen LogP contribution is 2.47. The Labute approximate surface area is 808 Å². The lowest BCUT2D eigenvalue weighted by molar-refractivity contribution is 1.28. The van der Waals surface area contributed by atoms with Gasteiger partial charge in [-0.15, -0.1) is 0 Å². The van der Waals surface area contributed by atoms with Gasteiger partial charge in [0.05, 0.1) is 11.4 Å². The second-order valence-corrected chi connectivity index (χ2v) is 34.7. The van der Waals surface area contributed by atoms with E-state index in [2.05, 4.69) is 602 Å². The summed E-state index contributed by atoms with van der Waals surface area (Å²) in [6.45, 7) is 0. The van der Waals surface area contributed by atoms with Crippen LogP contribution in [0.15, 0.2) is 582 Å². The Kier molecular flexibility index (Phi) is 24.5. The van der Waals surface area contributed by atoms with Crippen molar-refractivity contribution in [2.45, 2.75) is 0 Å². The van der Waals surface area contributed by atoms with Crippen LogP contribution in [-0.4, -0.2) is 0 Å². The molecule has 23 rings (SSSR count). The second kappa shape index (κ2) is 39.7. The highest BCUT2D eigenvalue weighted by atomic mass is 15.2. The quantitative estimate of drug-likeness (QED) is 0.0633. The first-order valence-electron chi connectivity index (χ1n) is 47.2. The predicted molar refractivity (Wildman–Crippen MR) is 586 cm³/mol. The Morgan fingerprint density at radius 1 is 0.0870 bits per heavy atom. The van der Waals surface area contributed by atoms with Crippen molar-refractivity contribution < 1.29 is 0 Å². The molecule has 0 radical (unpaired) electrons. The molecule has 0 spiro atoms. The Bertz CT molecular complexity index is 7780. The van der Waals surface area contributed by atoms with Gasteiger partial charge in [0.1, 0.15) is 0 Å². The summed E-state index contributed by atoms with van der Waals surface area (Å²) in [5.41, 5.74) is 39.3. The zero-order valence-electron chi connectivity index (χ0n) is 76.2. The molecule has 4 heteroatoms. The van der Waals surface area contributed by atoms with E-state index in [4.69, 9.17) is 0 Å². The van der Waals surface area contributed by atoms with Crippen molar-refractivity contribution in [2.24, 2.45) is 0 Å². The standard InChI is InChI=1S/C70H50N2.C64H46N2/c1-5-16-51(17-6-1)57-32-40-64(41-33-57)71(65-42-34-58(35-43-65)52-18-7-2-8-19-52)66-44-36-59(37-45-66)55-28-30-56(31-29-55)60-38-46-67(47-39-60)72(70-27-15-25-61-24-13-14-26-69(61)70)68-49-62(53-20-9-3-10-21-53)48-63(50-68)54-22-11-4-12-23-54;1-4-13-47(14-5-1)52-27-37-58(38-28-52)65(59-39-29-53(30-40-59)48-15-6-2-7-16-48)60-41-31-55(32-42-60)50-23-25-51(26-24-50)56-35-45-62(46-36-56)66(64-22-12-20-57-19-10-11-21-63(57)64)61-43-33-54(34-44-61)49-17-8-3-9-18-49/h1-50H;1-46H. The van der Waals surface area contributed by atoms with Crippen LogP contribution in [0.5, 0.6) is 0 Å². The summed E-state index contributed by atoms with van der Waals surface area (Å²) in [6, 6.07) is 210. The lowest BCUT2D eigenvalue weighted by atomic mass is 9.96. The fourth-order valence-electron chi connectivity index (χ4n) is 19.0. The molecule has 0 unspecified atom stereocenters. The maximum Gasteiger partial charge on any atom is 0.0540 e. The SMILES string of the molecule is c1ccc(-c2ccc(N(c3ccc(-c4ccccc4)cc3)c3ccc(-c4ccc(-c5ccc(N(c6cc(-c7ccccc7)cc(-c7ccccc7)c6)c6cccc7ccccc67)cc5)cc4)cc3)cc2)cc1.c1ccc(-c2ccc(N(c3ccc(-c4ccccc4)cc3)c3ccc(-c4ccc(-c5ccc(N(c6ccc(-c7ccccc7)cc6)c6cccc7ccccc67)cc5)cc4)cc3)cc2)cc1. The molecule has 0 N–H and O–H groups in total. The molecular formula is C134H96N4. The van der Waals surface area contributed by atoms with E-state index in [1.807, 2.05) is 0 Å². The van der Waals surface area contributed by atoms with Gasteiger partial charge >= 0.3 is 0 Å². The number of anilines is 12. The zero-order chi connectivity index (χ0) is 92.1. The first kappa shape index (κ1) is 85.3. The minimum absolute atomic E-state index is 1.09. The maximum absolute atomic E-state index is 2.42. The van der Waals surface area contributed by atoms with Crippen LogP contribution in [-0.2, 0) is 0 Å². The van der Waals surface area contributed by atoms with Crippen molar-refractivity contribution in [3.8, 4) is 122 Å². The van der Waals surface area contributed by atoms with Crippen LogP contribution in [0.4, 0.5) is 68.2 Å². The lowest BCUT2D eigenvalue weighted by Gasteiger charge is -2.28. The third-order valence-corrected chi connectivity index (χ3v) is 26.2. The predicted octanol–water partition coefficient (Wildman–Crippen LogP) is 37.9. The molecule has 23 aromatic carbocycles. The lowest BCUT2D eigenvalue weighted by Crippen LogP contribution is -2.11. The second-order valence-electron chi connectivity index (χ2n) is 34.7. The molecule has 23 aromatic rings. The van der Waals surface area contributed by atoms with Gasteiger partial charge in [-0.1, -0.05) is 443 Å². The van der Waals surface area contributed by atoms with Gasteiger partial charge < -0.3 is 19.6 Å². The van der Waals surface area contributed by atoms with Crippen LogP contribution in [0.3, 0.4) is 0 Å². The number of hydrogen-bond donors (Lipinski definition) is 0. The fraction of sp³-hybridized carbons (Fsp3) is 0. The molecule has 0 saturated heterocycles. The van der Waals surface area contributed by atoms with Crippen LogP contribution in [0, 0.1) is 0 Å². The average Bonchev–Trinajstić information content (AvgIpc) is 0.843. The number of nitrogens with zero attached hydrogens (tertiary/aromatic N) is 4. The van der Waals surface area contributed by atoms with Gasteiger partial charge in [0.25, 0.3) is 0 Å². The first-order chi connectivity index (χ1) is 68.4. The molecule has 0 aromatic heterocycles. The normalized spacial score (nSPS) is 11.0. The summed E-state index contributed by atoms with van der Waals surface area (Å²) in [6.07, 6.45) is 0. The van der Waals surface area contributed by atoms with E-state index >= 15 is 0 Å². The van der Waals surface area contributed by atoms with Gasteiger partial charge in [-0.05, 0) is 273 Å². The van der Waals surface area contributed by atoms with Crippen molar-refractivity contribution in [3.63, 3.8) is 0 Å². The number of benzene rings is 23. The maximum atomic E-state index is 2.42. The van der Waals surface area contributed by atoms with Crippen LogP contribution in [0.1, 0.15) is 0 Å². The third-order valence-electron chi connectivity index (χ3n) is 26.2. The summed E-state index contributed by atoms with van der Waals surface area (Å²) in [4.78, 5) is 9.46. The van der Waals surface area contributed by atoms with E-state index in [1.165, 1.54) is 133 Å². The van der Waals surface area contributed by atoms with Crippen LogP contribution in [0.2, 0.25) is 0 Å². The smallest absolute Gasteiger partial charge is 0.0540 e. The van der Waals surface area contributed by atoms with Gasteiger partial charge in [0.15, 0.2) is 0 Å². The van der Waals surface area contributed by atoms with Gasteiger partial charge in [-0.3, -0.25) is 0 Å². The van der Waals surface area contributed by atoms with Crippen LogP contribution < -0.4 is 19.6 Å². The Morgan fingerprint density at radius 2 is 0.232 bits per heavy atom. The van der Waals surface area contributed by atoms with Gasteiger partial charge in [-0.25, -0.2) is 0 Å². The number of fused-ring (bicyclic) bond motifs is 2. The molecule has 0 amide bonds. The van der Waals surface area contributed by atoms with Crippen molar-refractivity contribution in [1.29, 1.82) is 0 Å². The zero-order valence-corrected chi connectivity index (χ0v) is 76.2. The molecule has 138 heavy (non-hydrogen) atoms. The summed E-state index contributed by atoms with van der Waals surface area (Å²) in [5, 5.41) is 4.82. The minimum Gasteiger partial charge on any atom is -0.311 e. The topological polar surface area (TPSA) is 13.0 Å². The summed E-state index contributed by atoms with van der Waals surface area (Å²) < 4.78 is 0. The average molecular weight is 1760 g/mol. The summed E-state index contributed by atoms with van der Waals surface area (Å²) in [7, 11) is 0. The molecule has 0 fully saturated rings. The Hall–Kier alpha value is -18.2. The Balaban J connectivity index is 0.000000160. The molecule has 0 heterocycles. The van der Waals surface area contributed by atoms with Gasteiger partial charge in [0, 0.05) is 67.6 Å². The van der Waals surface area contributed by atoms with Gasteiger partial charge in [0.2, 0.25) is 0 Å². The highest BCUT2D eigenvalue weighted by molar-refractivity contribution is 6.02. The molecule has 0 aliphatic rings. The summed E-state index contributed by atoms with van der Waals surface area (Å²) in [5.74, 6) is 0. The number of rotatable bonds is 23.